The van der Waals surface area contributed by atoms with Crippen LogP contribution in [0.5, 0.6) is 11.6 Å². The predicted molar refractivity (Wildman–Crippen MR) is 129 cm³/mol. The summed E-state index contributed by atoms with van der Waals surface area (Å²) < 4.78 is 51.4. The number of halogens is 3. The Morgan fingerprint density at radius 3 is 2.35 bits per heavy atom. The minimum absolute atomic E-state index is 0.256. The van der Waals surface area contributed by atoms with Crippen molar-refractivity contribution in [2.45, 2.75) is 37.8 Å². The van der Waals surface area contributed by atoms with Crippen molar-refractivity contribution in [1.29, 1.82) is 0 Å². The van der Waals surface area contributed by atoms with Gasteiger partial charge in [0.25, 0.3) is 0 Å². The zero-order valence-electron chi connectivity index (χ0n) is 20.6. The Balaban J connectivity index is 1.38. The molecule has 5 rings (SSSR count). The highest BCUT2D eigenvalue weighted by Crippen LogP contribution is 2.45. The van der Waals surface area contributed by atoms with E-state index in [0.717, 1.165) is 36.0 Å². The van der Waals surface area contributed by atoms with Gasteiger partial charge in [-0.25, -0.2) is 24.9 Å². The lowest BCUT2D eigenvalue weighted by atomic mass is 10.0. The SMILES string of the molecule is COc1cnc(-c2c(OC)ncnc2C2CC2)nc1CCc1ccc(-c2nc(C(F)(F)F)cn2C)cc1. The van der Waals surface area contributed by atoms with E-state index in [1.807, 2.05) is 12.1 Å². The molecule has 0 aliphatic heterocycles. The van der Waals surface area contributed by atoms with Gasteiger partial charge in [0.15, 0.2) is 17.3 Å². The van der Waals surface area contributed by atoms with Crippen molar-refractivity contribution < 1.29 is 22.6 Å². The Bertz CT molecular complexity index is 1420. The van der Waals surface area contributed by atoms with Crippen LogP contribution in [0.25, 0.3) is 22.8 Å². The van der Waals surface area contributed by atoms with Crippen molar-refractivity contribution in [1.82, 2.24) is 29.5 Å². The Morgan fingerprint density at radius 2 is 1.73 bits per heavy atom. The molecule has 0 N–H and O–H groups in total. The fraction of sp³-hybridized carbons (Fsp3) is 0.346. The van der Waals surface area contributed by atoms with Crippen LogP contribution in [-0.4, -0.2) is 43.7 Å². The van der Waals surface area contributed by atoms with Gasteiger partial charge in [-0.3, -0.25) is 0 Å². The summed E-state index contributed by atoms with van der Waals surface area (Å²) in [5.74, 6) is 2.10. The van der Waals surface area contributed by atoms with Gasteiger partial charge in [-0.15, -0.1) is 0 Å². The molecule has 0 amide bonds. The number of methoxy groups -OCH3 is 2. The van der Waals surface area contributed by atoms with E-state index < -0.39 is 11.9 Å². The second-order valence-corrected chi connectivity index (χ2v) is 8.88. The number of aryl methyl sites for hydroxylation is 3. The third-order valence-corrected chi connectivity index (χ3v) is 6.30. The maximum atomic E-state index is 13.0. The molecule has 0 bridgehead atoms. The molecule has 0 radical (unpaired) electrons. The second kappa shape index (κ2) is 9.79. The van der Waals surface area contributed by atoms with Crippen molar-refractivity contribution in [3.63, 3.8) is 0 Å². The molecule has 192 valence electrons. The number of hydrogen-bond acceptors (Lipinski definition) is 7. The van der Waals surface area contributed by atoms with E-state index in [9.17, 15) is 13.2 Å². The van der Waals surface area contributed by atoms with E-state index in [-0.39, 0.29) is 5.82 Å². The molecule has 0 unspecified atom stereocenters. The van der Waals surface area contributed by atoms with Crippen LogP contribution >= 0.6 is 0 Å². The third kappa shape index (κ3) is 5.11. The summed E-state index contributed by atoms with van der Waals surface area (Å²) >= 11 is 0. The van der Waals surface area contributed by atoms with E-state index in [0.29, 0.717) is 47.3 Å². The van der Waals surface area contributed by atoms with Crippen molar-refractivity contribution >= 4 is 0 Å². The number of alkyl halides is 3. The predicted octanol–water partition coefficient (Wildman–Crippen LogP) is 5.03. The second-order valence-electron chi connectivity index (χ2n) is 8.88. The van der Waals surface area contributed by atoms with Crippen LogP contribution in [0.2, 0.25) is 0 Å². The molecular formula is C26H25F3N6O2. The van der Waals surface area contributed by atoms with Crippen LogP contribution in [0.3, 0.4) is 0 Å². The summed E-state index contributed by atoms with van der Waals surface area (Å²) in [6.07, 6.45) is 2.96. The van der Waals surface area contributed by atoms with Crippen molar-refractivity contribution in [3.05, 3.63) is 65.6 Å². The molecule has 1 aromatic carbocycles. The van der Waals surface area contributed by atoms with E-state index in [2.05, 4.69) is 19.9 Å². The average Bonchev–Trinajstić information content (AvgIpc) is 3.67. The third-order valence-electron chi connectivity index (χ3n) is 6.30. The molecular weight excluding hydrogens is 485 g/mol. The van der Waals surface area contributed by atoms with Crippen molar-refractivity contribution in [3.8, 4) is 34.4 Å². The van der Waals surface area contributed by atoms with Gasteiger partial charge < -0.3 is 14.0 Å². The van der Waals surface area contributed by atoms with Gasteiger partial charge in [0.1, 0.15) is 17.7 Å². The van der Waals surface area contributed by atoms with Crippen molar-refractivity contribution in [2.75, 3.05) is 14.2 Å². The first-order valence-corrected chi connectivity index (χ1v) is 11.8. The monoisotopic (exact) mass is 510 g/mol. The van der Waals surface area contributed by atoms with Crippen LogP contribution in [0.1, 0.15) is 41.4 Å². The lowest BCUT2D eigenvalue weighted by Gasteiger charge is -2.13. The molecule has 11 heteroatoms. The molecule has 3 heterocycles. The van der Waals surface area contributed by atoms with Gasteiger partial charge in [-0.1, -0.05) is 24.3 Å². The maximum absolute atomic E-state index is 13.0. The van der Waals surface area contributed by atoms with E-state index in [1.54, 1.807) is 39.6 Å². The standard InChI is InChI=1S/C26H25F3N6O2/c1-35-13-20(26(27,28)29)34-24(35)17-7-4-15(5-8-17)6-11-18-19(36-2)12-30-23(33-18)21-22(16-9-10-16)31-14-32-25(21)37-3/h4-5,7-8,12-14,16H,6,9-11H2,1-3H3. The topological polar surface area (TPSA) is 87.8 Å². The first kappa shape index (κ1) is 24.7. The number of imidazole rings is 1. The zero-order valence-corrected chi connectivity index (χ0v) is 20.6. The van der Waals surface area contributed by atoms with E-state index >= 15 is 0 Å². The molecule has 1 aliphatic carbocycles. The van der Waals surface area contributed by atoms with Gasteiger partial charge in [0, 0.05) is 24.7 Å². The number of hydrogen-bond donors (Lipinski definition) is 0. The molecule has 1 aliphatic rings. The smallest absolute Gasteiger partial charge is 0.434 e. The first-order chi connectivity index (χ1) is 17.8. The summed E-state index contributed by atoms with van der Waals surface area (Å²) in [4.78, 5) is 21.8. The molecule has 8 nitrogen and oxygen atoms in total. The van der Waals surface area contributed by atoms with Crippen LogP contribution in [0.4, 0.5) is 13.2 Å². The van der Waals surface area contributed by atoms with Gasteiger partial charge in [0.05, 0.1) is 31.8 Å². The van der Waals surface area contributed by atoms with Gasteiger partial charge >= 0.3 is 6.18 Å². The molecule has 0 saturated heterocycles. The Hall–Kier alpha value is -4.02. The number of benzene rings is 1. The van der Waals surface area contributed by atoms with E-state index in [1.165, 1.54) is 10.9 Å². The first-order valence-electron chi connectivity index (χ1n) is 11.8. The number of rotatable bonds is 8. The molecule has 1 fully saturated rings. The molecule has 37 heavy (non-hydrogen) atoms. The number of nitrogens with zero attached hydrogens (tertiary/aromatic N) is 6. The summed E-state index contributed by atoms with van der Waals surface area (Å²) in [6, 6.07) is 7.30. The highest BCUT2D eigenvalue weighted by molar-refractivity contribution is 5.66. The Morgan fingerprint density at radius 1 is 0.973 bits per heavy atom. The van der Waals surface area contributed by atoms with Crippen LogP contribution < -0.4 is 9.47 Å². The summed E-state index contributed by atoms with van der Waals surface area (Å²) in [5, 5.41) is 0. The fourth-order valence-electron chi connectivity index (χ4n) is 4.24. The minimum Gasteiger partial charge on any atom is -0.493 e. The number of ether oxygens (including phenoxy) is 2. The highest BCUT2D eigenvalue weighted by atomic mass is 19.4. The summed E-state index contributed by atoms with van der Waals surface area (Å²) in [6.45, 7) is 0. The summed E-state index contributed by atoms with van der Waals surface area (Å²) in [5.41, 5.74) is 3.01. The molecule has 0 spiro atoms. The Labute approximate surface area is 211 Å². The van der Waals surface area contributed by atoms with Gasteiger partial charge in [-0.05, 0) is 31.2 Å². The quantitative estimate of drug-likeness (QED) is 0.328. The van der Waals surface area contributed by atoms with Gasteiger partial charge in [0.2, 0.25) is 5.88 Å². The summed E-state index contributed by atoms with van der Waals surface area (Å²) in [7, 11) is 4.68. The largest absolute Gasteiger partial charge is 0.493 e. The number of aromatic nitrogens is 6. The van der Waals surface area contributed by atoms with Gasteiger partial charge in [-0.2, -0.15) is 13.2 Å². The zero-order chi connectivity index (χ0) is 26.2. The molecule has 1 saturated carbocycles. The van der Waals surface area contributed by atoms with Crippen LogP contribution in [0, 0.1) is 0 Å². The highest BCUT2D eigenvalue weighted by Gasteiger charge is 2.34. The maximum Gasteiger partial charge on any atom is 0.434 e. The van der Waals surface area contributed by atoms with Crippen LogP contribution in [0.15, 0.2) is 43.0 Å². The average molecular weight is 511 g/mol. The van der Waals surface area contributed by atoms with E-state index in [4.69, 9.17) is 14.5 Å². The van der Waals surface area contributed by atoms with Crippen molar-refractivity contribution in [2.24, 2.45) is 7.05 Å². The fourth-order valence-corrected chi connectivity index (χ4v) is 4.24. The minimum atomic E-state index is -4.49. The normalized spacial score (nSPS) is 13.6. The molecule has 4 aromatic rings. The van der Waals surface area contributed by atoms with Crippen LogP contribution in [-0.2, 0) is 26.1 Å². The molecule has 3 aromatic heterocycles. The lowest BCUT2D eigenvalue weighted by molar-refractivity contribution is -0.140. The molecule has 0 atom stereocenters. The Kier molecular flexibility index (Phi) is 6.53. The lowest BCUT2D eigenvalue weighted by Crippen LogP contribution is -2.06.